The number of carboxylic acid groups (broad SMARTS) is 1. The monoisotopic (exact) mass is 282 g/mol. The molecule has 1 saturated carbocycles. The third-order valence-electron chi connectivity index (χ3n) is 3.50. The van der Waals surface area contributed by atoms with Crippen molar-refractivity contribution in [3.8, 4) is 0 Å². The number of nitrogens with zero attached hydrogens (tertiary/aromatic N) is 2. The molecule has 1 unspecified atom stereocenters. The lowest BCUT2D eigenvalue weighted by atomic mass is 9.93. The SMILES string of the molecule is CC(C1CC1)n1nc(C(C)(C)C)cc1SCC(=O)O. The van der Waals surface area contributed by atoms with Crippen molar-refractivity contribution in [3.05, 3.63) is 11.8 Å². The second-order valence-electron chi connectivity index (χ2n) is 6.32. The number of thioether (sulfide) groups is 1. The molecule has 1 N–H and O–H groups in total. The first-order valence-electron chi connectivity index (χ1n) is 6.73. The zero-order chi connectivity index (χ0) is 14.2. The average molecular weight is 282 g/mol. The zero-order valence-electron chi connectivity index (χ0n) is 12.0. The van der Waals surface area contributed by atoms with Crippen LogP contribution < -0.4 is 0 Å². The van der Waals surface area contributed by atoms with Crippen molar-refractivity contribution in [1.29, 1.82) is 0 Å². The molecule has 0 saturated heterocycles. The van der Waals surface area contributed by atoms with E-state index in [4.69, 9.17) is 10.2 Å². The average Bonchev–Trinajstić information content (AvgIpc) is 3.03. The maximum Gasteiger partial charge on any atom is 0.313 e. The van der Waals surface area contributed by atoms with Crippen LogP contribution in [-0.2, 0) is 10.2 Å². The molecule has 5 heteroatoms. The number of carboxylic acids is 1. The highest BCUT2D eigenvalue weighted by Gasteiger charge is 2.32. The van der Waals surface area contributed by atoms with Gasteiger partial charge in [-0.1, -0.05) is 32.5 Å². The molecule has 0 aromatic carbocycles. The minimum atomic E-state index is -0.783. The molecule has 19 heavy (non-hydrogen) atoms. The first-order chi connectivity index (χ1) is 8.79. The molecule has 1 aromatic heterocycles. The van der Waals surface area contributed by atoms with Crippen LogP contribution in [0.2, 0.25) is 0 Å². The third-order valence-corrected chi connectivity index (χ3v) is 4.50. The highest BCUT2D eigenvalue weighted by atomic mass is 32.2. The Kier molecular flexibility index (Phi) is 3.95. The predicted molar refractivity (Wildman–Crippen MR) is 76.7 cm³/mol. The second-order valence-corrected chi connectivity index (χ2v) is 7.32. The normalized spacial score (nSPS) is 17.5. The Hall–Kier alpha value is -0.970. The van der Waals surface area contributed by atoms with E-state index in [1.165, 1.54) is 24.6 Å². The van der Waals surface area contributed by atoms with Crippen LogP contribution in [0.25, 0.3) is 0 Å². The van der Waals surface area contributed by atoms with E-state index < -0.39 is 5.97 Å². The van der Waals surface area contributed by atoms with E-state index in [1.54, 1.807) is 0 Å². The summed E-state index contributed by atoms with van der Waals surface area (Å²) in [7, 11) is 0. The molecule has 1 aromatic rings. The molecular weight excluding hydrogens is 260 g/mol. The molecule has 0 radical (unpaired) electrons. The summed E-state index contributed by atoms with van der Waals surface area (Å²) in [6, 6.07) is 2.42. The van der Waals surface area contributed by atoms with Crippen molar-refractivity contribution in [2.24, 2.45) is 5.92 Å². The minimum Gasteiger partial charge on any atom is -0.481 e. The van der Waals surface area contributed by atoms with Gasteiger partial charge in [0.25, 0.3) is 0 Å². The van der Waals surface area contributed by atoms with Gasteiger partial charge in [-0.25, -0.2) is 0 Å². The summed E-state index contributed by atoms with van der Waals surface area (Å²) in [6.07, 6.45) is 2.52. The van der Waals surface area contributed by atoms with Gasteiger partial charge in [0.2, 0.25) is 0 Å². The zero-order valence-corrected chi connectivity index (χ0v) is 12.8. The highest BCUT2D eigenvalue weighted by Crippen LogP contribution is 2.41. The fraction of sp³-hybridized carbons (Fsp3) is 0.714. The van der Waals surface area contributed by atoms with Gasteiger partial charge in [0.05, 0.1) is 22.5 Å². The van der Waals surface area contributed by atoms with E-state index in [2.05, 4.69) is 27.7 Å². The van der Waals surface area contributed by atoms with Gasteiger partial charge in [-0.2, -0.15) is 5.10 Å². The van der Waals surface area contributed by atoms with E-state index in [0.717, 1.165) is 10.7 Å². The Balaban J connectivity index is 2.26. The predicted octanol–water partition coefficient (Wildman–Crippen LogP) is 3.33. The van der Waals surface area contributed by atoms with Crippen LogP contribution in [0.3, 0.4) is 0 Å². The molecule has 1 fully saturated rings. The topological polar surface area (TPSA) is 55.1 Å². The lowest BCUT2D eigenvalue weighted by molar-refractivity contribution is -0.133. The maximum atomic E-state index is 10.8. The van der Waals surface area contributed by atoms with E-state index in [1.807, 2.05) is 10.7 Å². The van der Waals surface area contributed by atoms with Crippen molar-refractivity contribution < 1.29 is 9.90 Å². The molecule has 0 amide bonds. The molecule has 1 aliphatic rings. The van der Waals surface area contributed by atoms with Crippen LogP contribution in [0, 0.1) is 5.92 Å². The van der Waals surface area contributed by atoms with Crippen LogP contribution in [0.15, 0.2) is 11.1 Å². The van der Waals surface area contributed by atoms with Crippen LogP contribution in [-0.4, -0.2) is 26.6 Å². The molecule has 2 rings (SSSR count). The number of carbonyl (C=O) groups is 1. The Morgan fingerprint density at radius 1 is 1.58 bits per heavy atom. The summed E-state index contributed by atoms with van der Waals surface area (Å²) in [6.45, 7) is 8.58. The number of aliphatic carboxylic acids is 1. The molecular formula is C14H22N2O2S. The number of hydrogen-bond acceptors (Lipinski definition) is 3. The number of hydrogen-bond donors (Lipinski definition) is 1. The summed E-state index contributed by atoms with van der Waals surface area (Å²) in [5, 5.41) is 14.5. The van der Waals surface area contributed by atoms with Gasteiger partial charge in [-0.3, -0.25) is 9.48 Å². The summed E-state index contributed by atoms with van der Waals surface area (Å²) >= 11 is 1.37. The smallest absolute Gasteiger partial charge is 0.313 e. The van der Waals surface area contributed by atoms with E-state index >= 15 is 0 Å². The minimum absolute atomic E-state index is 0.00689. The van der Waals surface area contributed by atoms with Crippen LogP contribution in [0.1, 0.15) is 52.3 Å². The van der Waals surface area contributed by atoms with Gasteiger partial charge in [0.15, 0.2) is 0 Å². The standard InChI is InChI=1S/C14H22N2O2S/c1-9(10-5-6-10)16-12(19-8-13(17)18)7-11(15-16)14(2,3)4/h7,9-10H,5-6,8H2,1-4H3,(H,17,18). The van der Waals surface area contributed by atoms with Gasteiger partial charge in [-0.15, -0.1) is 0 Å². The van der Waals surface area contributed by atoms with Gasteiger partial charge in [-0.05, 0) is 31.7 Å². The first-order valence-corrected chi connectivity index (χ1v) is 7.72. The maximum absolute atomic E-state index is 10.8. The van der Waals surface area contributed by atoms with Crippen molar-refractivity contribution in [3.63, 3.8) is 0 Å². The van der Waals surface area contributed by atoms with Gasteiger partial charge >= 0.3 is 5.97 Å². The van der Waals surface area contributed by atoms with E-state index in [9.17, 15) is 4.79 Å². The van der Waals surface area contributed by atoms with E-state index in [-0.39, 0.29) is 11.2 Å². The van der Waals surface area contributed by atoms with Gasteiger partial charge in [0.1, 0.15) is 0 Å². The molecule has 0 bridgehead atoms. The molecule has 1 aliphatic carbocycles. The Morgan fingerprint density at radius 2 is 2.21 bits per heavy atom. The van der Waals surface area contributed by atoms with Crippen molar-refractivity contribution >= 4 is 17.7 Å². The van der Waals surface area contributed by atoms with Gasteiger partial charge in [0, 0.05) is 5.41 Å². The molecule has 4 nitrogen and oxygen atoms in total. The summed E-state index contributed by atoms with van der Waals surface area (Å²) in [5.41, 5.74) is 1.03. The quantitative estimate of drug-likeness (QED) is 0.842. The molecule has 106 valence electrons. The largest absolute Gasteiger partial charge is 0.481 e. The van der Waals surface area contributed by atoms with Crippen LogP contribution >= 0.6 is 11.8 Å². The fourth-order valence-corrected chi connectivity index (χ4v) is 2.86. The second kappa shape index (κ2) is 5.19. The van der Waals surface area contributed by atoms with Crippen LogP contribution in [0.5, 0.6) is 0 Å². The molecule has 0 spiro atoms. The van der Waals surface area contributed by atoms with E-state index in [0.29, 0.717) is 12.0 Å². The summed E-state index contributed by atoms with van der Waals surface area (Å²) in [5.74, 6) is 0.0122. The summed E-state index contributed by atoms with van der Waals surface area (Å²) in [4.78, 5) is 10.8. The Morgan fingerprint density at radius 3 is 2.68 bits per heavy atom. The van der Waals surface area contributed by atoms with Crippen molar-refractivity contribution in [2.75, 3.05) is 5.75 Å². The fourth-order valence-electron chi connectivity index (χ4n) is 2.06. The number of aromatic nitrogens is 2. The highest BCUT2D eigenvalue weighted by molar-refractivity contribution is 7.99. The van der Waals surface area contributed by atoms with Crippen molar-refractivity contribution in [2.45, 2.75) is 57.0 Å². The lowest BCUT2D eigenvalue weighted by Gasteiger charge is -2.16. The molecule has 1 atom stereocenters. The number of rotatable bonds is 5. The third kappa shape index (κ3) is 3.53. The Labute approximate surface area is 118 Å². The van der Waals surface area contributed by atoms with Crippen LogP contribution in [0.4, 0.5) is 0 Å². The molecule has 0 aliphatic heterocycles. The molecule has 1 heterocycles. The first kappa shape index (κ1) is 14.4. The van der Waals surface area contributed by atoms with Gasteiger partial charge < -0.3 is 5.11 Å². The Bertz CT molecular complexity index is 472. The lowest BCUT2D eigenvalue weighted by Crippen LogP contribution is -2.15. The van der Waals surface area contributed by atoms with Crippen molar-refractivity contribution in [1.82, 2.24) is 9.78 Å². The summed E-state index contributed by atoms with van der Waals surface area (Å²) < 4.78 is 2.03.